The first-order valence-corrected chi connectivity index (χ1v) is 7.79. The maximum Gasteiger partial charge on any atom is 0.243 e. The third-order valence-corrected chi connectivity index (χ3v) is 5.34. The molecule has 1 fully saturated rings. The van der Waals surface area contributed by atoms with E-state index in [9.17, 15) is 8.42 Å². The molecule has 2 rings (SSSR count). The molecular weight excluding hydrogens is 278 g/mol. The first-order chi connectivity index (χ1) is 9.32. The number of hydrogen-bond donors (Lipinski definition) is 2. The summed E-state index contributed by atoms with van der Waals surface area (Å²) >= 11 is 0. The molecule has 7 heteroatoms. The van der Waals surface area contributed by atoms with E-state index in [1.54, 1.807) is 19.1 Å². The molecule has 0 aliphatic carbocycles. The number of rotatable bonds is 3. The number of nitrogens with one attached hydrogen (secondary N) is 1. The Morgan fingerprint density at radius 2 is 2.15 bits per heavy atom. The molecule has 0 bridgehead atoms. The molecule has 0 spiro atoms. The van der Waals surface area contributed by atoms with Crippen LogP contribution in [0.4, 0.5) is 0 Å². The van der Waals surface area contributed by atoms with Gasteiger partial charge >= 0.3 is 0 Å². The predicted molar refractivity (Wildman–Crippen MR) is 76.3 cm³/mol. The van der Waals surface area contributed by atoms with Gasteiger partial charge in [-0.25, -0.2) is 8.42 Å². The van der Waals surface area contributed by atoms with E-state index in [2.05, 4.69) is 0 Å². The molecule has 1 heterocycles. The summed E-state index contributed by atoms with van der Waals surface area (Å²) in [6.07, 6.45) is -0.663. The molecule has 1 aromatic rings. The first kappa shape index (κ1) is 15.0. The van der Waals surface area contributed by atoms with Crippen molar-refractivity contribution in [3.05, 3.63) is 29.3 Å². The summed E-state index contributed by atoms with van der Waals surface area (Å²) in [5.41, 5.74) is 7.01. The van der Waals surface area contributed by atoms with Crippen molar-refractivity contribution >= 4 is 15.9 Å². The molecule has 1 saturated heterocycles. The molecule has 0 radical (unpaired) electrons. The van der Waals surface area contributed by atoms with Gasteiger partial charge in [0.25, 0.3) is 0 Å². The smallest absolute Gasteiger partial charge is 0.243 e. The van der Waals surface area contributed by atoms with Gasteiger partial charge in [-0.3, -0.25) is 5.41 Å². The highest BCUT2D eigenvalue weighted by Gasteiger charge is 2.32. The number of hydrogen-bond acceptors (Lipinski definition) is 4. The first-order valence-electron chi connectivity index (χ1n) is 6.35. The highest BCUT2D eigenvalue weighted by atomic mass is 32.2. The van der Waals surface area contributed by atoms with Crippen molar-refractivity contribution in [2.24, 2.45) is 5.73 Å². The zero-order valence-electron chi connectivity index (χ0n) is 11.6. The standard InChI is InChI=1S/C13H19N3O3S/c1-9-3-4-10(2)12(7-9)20(17,18)16-5-6-19-11(8-16)13(14)15/h3-4,7,11H,5-6,8H2,1-2H3,(H3,14,15). The van der Waals surface area contributed by atoms with Crippen LogP contribution in [0.1, 0.15) is 11.1 Å². The lowest BCUT2D eigenvalue weighted by molar-refractivity contribution is 0.0368. The highest BCUT2D eigenvalue weighted by Crippen LogP contribution is 2.23. The van der Waals surface area contributed by atoms with Gasteiger partial charge in [-0.1, -0.05) is 12.1 Å². The van der Waals surface area contributed by atoms with E-state index in [4.69, 9.17) is 15.9 Å². The van der Waals surface area contributed by atoms with Crippen molar-refractivity contribution in [3.8, 4) is 0 Å². The lowest BCUT2D eigenvalue weighted by Gasteiger charge is -2.31. The molecule has 110 valence electrons. The molecule has 0 amide bonds. The normalized spacial score (nSPS) is 20.8. The Bertz CT molecular complexity index is 628. The second-order valence-electron chi connectivity index (χ2n) is 4.95. The molecule has 1 aromatic carbocycles. The fourth-order valence-electron chi connectivity index (χ4n) is 2.16. The summed E-state index contributed by atoms with van der Waals surface area (Å²) in [6, 6.07) is 5.35. The van der Waals surface area contributed by atoms with E-state index in [1.165, 1.54) is 4.31 Å². The van der Waals surface area contributed by atoms with E-state index in [-0.39, 0.29) is 25.5 Å². The van der Waals surface area contributed by atoms with Gasteiger partial charge in [0, 0.05) is 13.1 Å². The molecule has 1 unspecified atom stereocenters. The zero-order valence-corrected chi connectivity index (χ0v) is 12.4. The van der Waals surface area contributed by atoms with Crippen LogP contribution in [0, 0.1) is 19.3 Å². The summed E-state index contributed by atoms with van der Waals surface area (Å²) in [7, 11) is -3.58. The highest BCUT2D eigenvalue weighted by molar-refractivity contribution is 7.89. The predicted octanol–water partition coefficient (Wildman–Crippen LogP) is 0.629. The van der Waals surface area contributed by atoms with Crippen molar-refractivity contribution in [2.45, 2.75) is 24.8 Å². The number of benzene rings is 1. The number of sulfonamides is 1. The van der Waals surface area contributed by atoms with Gasteiger partial charge < -0.3 is 10.5 Å². The molecule has 1 aliphatic rings. The summed E-state index contributed by atoms with van der Waals surface area (Å²) in [6.45, 7) is 4.24. The average Bonchev–Trinajstić information content (AvgIpc) is 2.41. The molecule has 1 aliphatic heterocycles. The topological polar surface area (TPSA) is 96.5 Å². The molecule has 1 atom stereocenters. The second-order valence-corrected chi connectivity index (χ2v) is 6.85. The number of nitrogens with zero attached hydrogens (tertiary/aromatic N) is 1. The molecule has 0 saturated carbocycles. The lowest BCUT2D eigenvalue weighted by atomic mass is 10.2. The number of aryl methyl sites for hydroxylation is 2. The maximum absolute atomic E-state index is 12.7. The Labute approximate surface area is 119 Å². The third kappa shape index (κ3) is 2.84. The van der Waals surface area contributed by atoms with Crippen LogP contribution in [0.5, 0.6) is 0 Å². The van der Waals surface area contributed by atoms with Crippen LogP contribution in [0.2, 0.25) is 0 Å². The van der Waals surface area contributed by atoms with Crippen LogP contribution < -0.4 is 5.73 Å². The van der Waals surface area contributed by atoms with Gasteiger partial charge in [0.1, 0.15) is 11.9 Å². The molecule has 0 aromatic heterocycles. The molecule has 3 N–H and O–H groups in total. The minimum atomic E-state index is -3.58. The minimum Gasteiger partial charge on any atom is -0.385 e. The zero-order chi connectivity index (χ0) is 14.9. The number of ether oxygens (including phenoxy) is 1. The Morgan fingerprint density at radius 1 is 1.45 bits per heavy atom. The van der Waals surface area contributed by atoms with E-state index in [0.717, 1.165) is 5.56 Å². The van der Waals surface area contributed by atoms with Gasteiger partial charge in [-0.05, 0) is 31.0 Å². The van der Waals surface area contributed by atoms with Crippen LogP contribution in [0.25, 0.3) is 0 Å². The maximum atomic E-state index is 12.7. The SMILES string of the molecule is Cc1ccc(C)c(S(=O)(=O)N2CCOC(C(=N)N)C2)c1. The monoisotopic (exact) mass is 297 g/mol. The lowest BCUT2D eigenvalue weighted by Crippen LogP contribution is -2.50. The van der Waals surface area contributed by atoms with Crippen LogP contribution in [0.3, 0.4) is 0 Å². The van der Waals surface area contributed by atoms with Gasteiger partial charge in [0.15, 0.2) is 0 Å². The van der Waals surface area contributed by atoms with Crippen LogP contribution in [-0.2, 0) is 14.8 Å². The summed E-state index contributed by atoms with van der Waals surface area (Å²) in [5.74, 6) is -0.147. The van der Waals surface area contributed by atoms with E-state index in [1.807, 2.05) is 13.0 Å². The molecule has 20 heavy (non-hydrogen) atoms. The van der Waals surface area contributed by atoms with Gasteiger partial charge in [-0.2, -0.15) is 4.31 Å². The van der Waals surface area contributed by atoms with Gasteiger partial charge in [0.2, 0.25) is 10.0 Å². The van der Waals surface area contributed by atoms with Crippen molar-refractivity contribution in [1.82, 2.24) is 4.31 Å². The quantitative estimate of drug-likeness (QED) is 0.631. The van der Waals surface area contributed by atoms with E-state index < -0.39 is 16.1 Å². The second kappa shape index (κ2) is 5.51. The third-order valence-electron chi connectivity index (χ3n) is 3.34. The number of nitrogens with two attached hydrogens (primary N) is 1. The molecule has 6 nitrogen and oxygen atoms in total. The fraction of sp³-hybridized carbons (Fsp3) is 0.462. The largest absolute Gasteiger partial charge is 0.385 e. The van der Waals surface area contributed by atoms with Crippen LogP contribution in [0.15, 0.2) is 23.1 Å². The van der Waals surface area contributed by atoms with Gasteiger partial charge in [-0.15, -0.1) is 0 Å². The number of morpholine rings is 1. The Kier molecular flexibility index (Phi) is 4.12. The van der Waals surface area contributed by atoms with Crippen molar-refractivity contribution in [1.29, 1.82) is 5.41 Å². The molecular formula is C13H19N3O3S. The van der Waals surface area contributed by atoms with Crippen LogP contribution in [-0.4, -0.2) is 44.4 Å². The Morgan fingerprint density at radius 3 is 2.80 bits per heavy atom. The summed E-state index contributed by atoms with van der Waals surface area (Å²) in [4.78, 5) is 0.307. The van der Waals surface area contributed by atoms with Crippen LogP contribution >= 0.6 is 0 Å². The Balaban J connectivity index is 2.35. The summed E-state index contributed by atoms with van der Waals surface area (Å²) < 4.78 is 32.0. The van der Waals surface area contributed by atoms with Crippen molar-refractivity contribution < 1.29 is 13.2 Å². The minimum absolute atomic E-state index is 0.0883. The Hall–Kier alpha value is -1.44. The van der Waals surface area contributed by atoms with Crippen molar-refractivity contribution in [2.75, 3.05) is 19.7 Å². The fourth-order valence-corrected chi connectivity index (χ4v) is 3.89. The van der Waals surface area contributed by atoms with E-state index >= 15 is 0 Å². The van der Waals surface area contributed by atoms with Crippen molar-refractivity contribution in [3.63, 3.8) is 0 Å². The number of amidine groups is 1. The van der Waals surface area contributed by atoms with E-state index in [0.29, 0.717) is 10.5 Å². The average molecular weight is 297 g/mol. The van der Waals surface area contributed by atoms with Gasteiger partial charge in [0.05, 0.1) is 11.5 Å². The summed E-state index contributed by atoms with van der Waals surface area (Å²) in [5, 5.41) is 7.40.